The van der Waals surface area contributed by atoms with Crippen molar-refractivity contribution >= 4 is 11.4 Å². The molecule has 1 heterocycles. The molecule has 0 fully saturated rings. The second kappa shape index (κ2) is 4.91. The minimum atomic E-state index is 0.793. The van der Waals surface area contributed by atoms with Crippen LogP contribution in [-0.4, -0.2) is 16.3 Å². The Kier molecular flexibility index (Phi) is 3.32. The predicted octanol–water partition coefficient (Wildman–Crippen LogP) is 2.03. The maximum atomic E-state index is 5.80. The largest absolute Gasteiger partial charge is 0.399 e. The molecule has 2 aromatic rings. The Balaban J connectivity index is 2.16. The molecule has 0 saturated heterocycles. The van der Waals surface area contributed by atoms with Crippen molar-refractivity contribution in [2.45, 2.75) is 13.5 Å². The predicted molar refractivity (Wildman–Crippen MR) is 70.8 cm³/mol. The molecule has 1 aromatic heterocycles. The molecule has 4 nitrogen and oxygen atoms in total. The minimum absolute atomic E-state index is 0.793. The van der Waals surface area contributed by atoms with Gasteiger partial charge in [-0.2, -0.15) is 5.10 Å². The lowest BCUT2D eigenvalue weighted by Gasteiger charge is -2.22. The summed E-state index contributed by atoms with van der Waals surface area (Å²) < 4.78 is 1.82. The first-order chi connectivity index (χ1) is 8.19. The molecule has 0 aliphatic carbocycles. The SMILES string of the molecule is CCN(Cc1ccn(C)n1)c1cccc(N)c1. The maximum absolute atomic E-state index is 5.80. The van der Waals surface area contributed by atoms with E-state index in [-0.39, 0.29) is 0 Å². The van der Waals surface area contributed by atoms with Crippen molar-refractivity contribution in [3.63, 3.8) is 0 Å². The molecule has 0 saturated carbocycles. The lowest BCUT2D eigenvalue weighted by Crippen LogP contribution is -2.22. The third-order valence-corrected chi connectivity index (χ3v) is 2.74. The van der Waals surface area contributed by atoms with Gasteiger partial charge in [-0.3, -0.25) is 4.68 Å². The van der Waals surface area contributed by atoms with E-state index in [2.05, 4.69) is 23.0 Å². The molecule has 0 unspecified atom stereocenters. The molecule has 0 aliphatic heterocycles. The third kappa shape index (κ3) is 2.78. The number of nitrogen functional groups attached to an aromatic ring is 1. The molecule has 17 heavy (non-hydrogen) atoms. The Bertz CT molecular complexity index is 490. The maximum Gasteiger partial charge on any atom is 0.0817 e. The number of hydrogen-bond acceptors (Lipinski definition) is 3. The van der Waals surface area contributed by atoms with E-state index in [0.29, 0.717) is 0 Å². The first-order valence-electron chi connectivity index (χ1n) is 5.78. The van der Waals surface area contributed by atoms with Crippen molar-refractivity contribution in [1.29, 1.82) is 0 Å². The van der Waals surface area contributed by atoms with E-state index in [4.69, 9.17) is 5.73 Å². The van der Waals surface area contributed by atoms with Crippen molar-refractivity contribution < 1.29 is 0 Å². The fourth-order valence-corrected chi connectivity index (χ4v) is 1.85. The summed E-state index contributed by atoms with van der Waals surface area (Å²) in [5, 5.41) is 4.39. The summed E-state index contributed by atoms with van der Waals surface area (Å²) in [4.78, 5) is 2.25. The molecule has 0 aliphatic rings. The van der Waals surface area contributed by atoms with Crippen molar-refractivity contribution in [2.75, 3.05) is 17.2 Å². The van der Waals surface area contributed by atoms with E-state index in [1.165, 1.54) is 0 Å². The topological polar surface area (TPSA) is 47.1 Å². The number of aromatic nitrogens is 2. The lowest BCUT2D eigenvalue weighted by atomic mass is 10.2. The highest BCUT2D eigenvalue weighted by Gasteiger charge is 2.07. The van der Waals surface area contributed by atoms with Gasteiger partial charge >= 0.3 is 0 Å². The van der Waals surface area contributed by atoms with Crippen LogP contribution in [0.15, 0.2) is 36.5 Å². The smallest absolute Gasteiger partial charge is 0.0817 e. The average molecular weight is 230 g/mol. The second-order valence-corrected chi connectivity index (χ2v) is 4.09. The van der Waals surface area contributed by atoms with Gasteiger partial charge in [0.05, 0.1) is 12.2 Å². The summed E-state index contributed by atoms with van der Waals surface area (Å²) in [6.45, 7) is 3.87. The highest BCUT2D eigenvalue weighted by molar-refractivity contribution is 5.55. The molecule has 0 spiro atoms. The summed E-state index contributed by atoms with van der Waals surface area (Å²) in [5.41, 5.74) is 8.80. The highest BCUT2D eigenvalue weighted by atomic mass is 15.3. The van der Waals surface area contributed by atoms with Crippen LogP contribution in [0.5, 0.6) is 0 Å². The van der Waals surface area contributed by atoms with Crippen LogP contribution in [-0.2, 0) is 13.6 Å². The Morgan fingerprint density at radius 3 is 2.76 bits per heavy atom. The first-order valence-corrected chi connectivity index (χ1v) is 5.78. The number of aryl methyl sites for hydroxylation is 1. The van der Waals surface area contributed by atoms with Crippen molar-refractivity contribution in [3.8, 4) is 0 Å². The highest BCUT2D eigenvalue weighted by Crippen LogP contribution is 2.19. The molecule has 0 bridgehead atoms. The van der Waals surface area contributed by atoms with Crippen LogP contribution in [0.3, 0.4) is 0 Å². The number of nitrogens with zero attached hydrogens (tertiary/aromatic N) is 3. The molecule has 2 N–H and O–H groups in total. The Hall–Kier alpha value is -1.97. The van der Waals surface area contributed by atoms with E-state index < -0.39 is 0 Å². The normalized spacial score (nSPS) is 10.5. The van der Waals surface area contributed by atoms with Gasteiger partial charge in [-0.15, -0.1) is 0 Å². The molecular weight excluding hydrogens is 212 g/mol. The number of anilines is 2. The van der Waals surface area contributed by atoms with E-state index >= 15 is 0 Å². The Labute approximate surface area is 102 Å². The molecule has 90 valence electrons. The van der Waals surface area contributed by atoms with Gasteiger partial charge in [-0.25, -0.2) is 0 Å². The number of nitrogens with two attached hydrogens (primary N) is 1. The molecule has 4 heteroatoms. The van der Waals surface area contributed by atoms with Crippen molar-refractivity contribution in [1.82, 2.24) is 9.78 Å². The molecule has 2 rings (SSSR count). The van der Waals surface area contributed by atoms with Gasteiger partial charge in [-0.1, -0.05) is 6.07 Å². The summed E-state index contributed by atoms with van der Waals surface area (Å²) in [6.07, 6.45) is 1.96. The van der Waals surface area contributed by atoms with Crippen LogP contribution in [0.25, 0.3) is 0 Å². The van der Waals surface area contributed by atoms with E-state index in [9.17, 15) is 0 Å². The Morgan fingerprint density at radius 2 is 2.18 bits per heavy atom. The van der Waals surface area contributed by atoms with E-state index in [1.807, 2.05) is 42.2 Å². The zero-order valence-electron chi connectivity index (χ0n) is 10.3. The van der Waals surface area contributed by atoms with Crippen LogP contribution < -0.4 is 10.6 Å². The van der Waals surface area contributed by atoms with Crippen LogP contribution in [0.4, 0.5) is 11.4 Å². The van der Waals surface area contributed by atoms with Gasteiger partial charge in [0.25, 0.3) is 0 Å². The molecule has 0 atom stereocenters. The third-order valence-electron chi connectivity index (χ3n) is 2.74. The summed E-state index contributed by atoms with van der Waals surface area (Å²) in [7, 11) is 1.93. The van der Waals surface area contributed by atoms with Crippen LogP contribution in [0, 0.1) is 0 Å². The molecular formula is C13H18N4. The summed E-state index contributed by atoms with van der Waals surface area (Å²) >= 11 is 0. The van der Waals surface area contributed by atoms with Gasteiger partial charge in [0.1, 0.15) is 0 Å². The number of hydrogen-bond donors (Lipinski definition) is 1. The van der Waals surface area contributed by atoms with Gasteiger partial charge in [0.2, 0.25) is 0 Å². The van der Waals surface area contributed by atoms with Gasteiger partial charge in [-0.05, 0) is 31.2 Å². The lowest BCUT2D eigenvalue weighted by molar-refractivity contribution is 0.723. The fourth-order valence-electron chi connectivity index (χ4n) is 1.85. The van der Waals surface area contributed by atoms with Crippen molar-refractivity contribution in [2.24, 2.45) is 7.05 Å². The average Bonchev–Trinajstić information content (AvgIpc) is 2.72. The summed E-state index contributed by atoms with van der Waals surface area (Å²) in [6, 6.07) is 9.98. The second-order valence-electron chi connectivity index (χ2n) is 4.09. The van der Waals surface area contributed by atoms with E-state index in [0.717, 1.165) is 30.2 Å². The van der Waals surface area contributed by atoms with Gasteiger partial charge < -0.3 is 10.6 Å². The quantitative estimate of drug-likeness (QED) is 0.817. The van der Waals surface area contributed by atoms with Crippen LogP contribution in [0.2, 0.25) is 0 Å². The monoisotopic (exact) mass is 230 g/mol. The van der Waals surface area contributed by atoms with Crippen molar-refractivity contribution in [3.05, 3.63) is 42.2 Å². The Morgan fingerprint density at radius 1 is 1.35 bits per heavy atom. The van der Waals surface area contributed by atoms with Gasteiger partial charge in [0, 0.05) is 31.2 Å². The minimum Gasteiger partial charge on any atom is -0.399 e. The van der Waals surface area contributed by atoms with Gasteiger partial charge in [0.15, 0.2) is 0 Å². The van der Waals surface area contributed by atoms with E-state index in [1.54, 1.807) is 0 Å². The first kappa shape index (κ1) is 11.5. The van der Waals surface area contributed by atoms with Crippen LogP contribution in [0.1, 0.15) is 12.6 Å². The standard InChI is InChI=1S/C13H18N4/c1-3-17(10-12-7-8-16(2)15-12)13-6-4-5-11(14)9-13/h4-9H,3,10,14H2,1-2H3. The number of rotatable bonds is 4. The zero-order valence-corrected chi connectivity index (χ0v) is 10.3. The van der Waals surface area contributed by atoms with Crippen LogP contribution >= 0.6 is 0 Å². The molecule has 1 aromatic carbocycles. The molecule has 0 radical (unpaired) electrons. The summed E-state index contributed by atoms with van der Waals surface area (Å²) in [5.74, 6) is 0. The fraction of sp³-hybridized carbons (Fsp3) is 0.308. The number of benzene rings is 1. The molecule has 0 amide bonds. The zero-order chi connectivity index (χ0) is 12.3.